The Morgan fingerprint density at radius 2 is 1.90 bits per heavy atom. The summed E-state index contributed by atoms with van der Waals surface area (Å²) in [5.74, 6) is -0.135. The van der Waals surface area contributed by atoms with Crippen molar-refractivity contribution in [2.45, 2.75) is 19.9 Å². The highest BCUT2D eigenvalue weighted by molar-refractivity contribution is 6.31. The lowest BCUT2D eigenvalue weighted by molar-refractivity contribution is -0.141. The molecule has 2 rings (SSSR count). The van der Waals surface area contributed by atoms with Gasteiger partial charge in [-0.3, -0.25) is 9.69 Å². The van der Waals surface area contributed by atoms with Gasteiger partial charge in [-0.1, -0.05) is 23.7 Å². The highest BCUT2D eigenvalue weighted by Crippen LogP contribution is 2.20. The second-order valence-electron chi connectivity index (χ2n) is 5.54. The first-order valence-corrected chi connectivity index (χ1v) is 7.73. The number of rotatable bonds is 5. The van der Waals surface area contributed by atoms with E-state index in [1.807, 2.05) is 6.07 Å². The number of benzene rings is 1. The van der Waals surface area contributed by atoms with Crippen molar-refractivity contribution in [3.05, 3.63) is 34.3 Å². The molecule has 1 aromatic carbocycles. The van der Waals surface area contributed by atoms with E-state index in [4.69, 9.17) is 11.6 Å². The van der Waals surface area contributed by atoms with E-state index in [0.717, 1.165) is 44.3 Å². The molecule has 0 bridgehead atoms. The topological polar surface area (TPSA) is 32.8 Å². The number of hydrogen-bond acceptors (Lipinski definition) is 4. The number of esters is 1. The molecule has 0 spiro atoms. The summed E-state index contributed by atoms with van der Waals surface area (Å²) in [6, 6.07) is 6.23. The van der Waals surface area contributed by atoms with Gasteiger partial charge in [-0.15, -0.1) is 0 Å². The van der Waals surface area contributed by atoms with Gasteiger partial charge >= 0.3 is 5.97 Å². The molecule has 0 aliphatic carbocycles. The highest BCUT2D eigenvalue weighted by atomic mass is 35.5. The van der Waals surface area contributed by atoms with Crippen molar-refractivity contribution in [3.63, 3.8) is 0 Å². The molecule has 5 heteroatoms. The zero-order chi connectivity index (χ0) is 15.2. The molecular formula is C16H23ClN2O2. The monoisotopic (exact) mass is 310 g/mol. The zero-order valence-electron chi connectivity index (χ0n) is 12.8. The van der Waals surface area contributed by atoms with Gasteiger partial charge in [-0.25, -0.2) is 0 Å². The summed E-state index contributed by atoms with van der Waals surface area (Å²) in [7, 11) is 1.44. The molecule has 0 atom stereocenters. The Balaban J connectivity index is 1.77. The van der Waals surface area contributed by atoms with E-state index in [2.05, 4.69) is 33.6 Å². The van der Waals surface area contributed by atoms with Crippen LogP contribution in [0.3, 0.4) is 0 Å². The summed E-state index contributed by atoms with van der Waals surface area (Å²) in [5.41, 5.74) is 2.38. The minimum Gasteiger partial charge on any atom is -0.469 e. The fourth-order valence-electron chi connectivity index (χ4n) is 2.54. The number of aryl methyl sites for hydroxylation is 1. The third kappa shape index (κ3) is 4.99. The van der Waals surface area contributed by atoms with Crippen LogP contribution in [0.5, 0.6) is 0 Å². The lowest BCUT2D eigenvalue weighted by Gasteiger charge is -2.34. The normalized spacial score (nSPS) is 16.9. The molecule has 4 nitrogen and oxygen atoms in total. The van der Waals surface area contributed by atoms with Crippen molar-refractivity contribution in [1.29, 1.82) is 0 Å². The van der Waals surface area contributed by atoms with Crippen LogP contribution < -0.4 is 0 Å². The summed E-state index contributed by atoms with van der Waals surface area (Å²) in [4.78, 5) is 15.9. The molecule has 1 heterocycles. The number of hydrogen-bond donors (Lipinski definition) is 0. The average Bonchev–Trinajstić information content (AvgIpc) is 2.49. The number of carbonyl (C=O) groups excluding carboxylic acids is 1. The second-order valence-corrected chi connectivity index (χ2v) is 5.95. The number of methoxy groups -OCH3 is 1. The van der Waals surface area contributed by atoms with E-state index in [-0.39, 0.29) is 5.97 Å². The minimum absolute atomic E-state index is 0.135. The maximum absolute atomic E-state index is 11.2. The number of carbonyl (C=O) groups is 1. The van der Waals surface area contributed by atoms with Crippen molar-refractivity contribution < 1.29 is 9.53 Å². The number of nitrogens with zero attached hydrogens (tertiary/aromatic N) is 2. The van der Waals surface area contributed by atoms with Gasteiger partial charge in [0, 0.05) is 44.3 Å². The van der Waals surface area contributed by atoms with E-state index < -0.39 is 0 Å². The molecule has 0 N–H and O–H groups in total. The van der Waals surface area contributed by atoms with E-state index >= 15 is 0 Å². The molecule has 1 aromatic rings. The van der Waals surface area contributed by atoms with E-state index in [0.29, 0.717) is 6.42 Å². The molecule has 116 valence electrons. The molecule has 0 unspecified atom stereocenters. The Hall–Kier alpha value is -1.10. The first-order chi connectivity index (χ1) is 10.1. The van der Waals surface area contributed by atoms with Crippen LogP contribution in [0.25, 0.3) is 0 Å². The maximum Gasteiger partial charge on any atom is 0.306 e. The second kappa shape index (κ2) is 7.78. The lowest BCUT2D eigenvalue weighted by atomic mass is 10.1. The van der Waals surface area contributed by atoms with Crippen molar-refractivity contribution in [2.75, 3.05) is 39.8 Å². The Kier molecular flexibility index (Phi) is 6.03. The van der Waals surface area contributed by atoms with Gasteiger partial charge in [0.15, 0.2) is 0 Å². The van der Waals surface area contributed by atoms with Gasteiger partial charge in [-0.05, 0) is 24.1 Å². The van der Waals surface area contributed by atoms with Gasteiger partial charge in [-0.2, -0.15) is 0 Å². The third-order valence-corrected chi connectivity index (χ3v) is 4.28. The Labute approximate surface area is 131 Å². The Bertz CT molecular complexity index is 485. The molecule has 0 aromatic heterocycles. The van der Waals surface area contributed by atoms with E-state index in [1.165, 1.54) is 18.2 Å². The summed E-state index contributed by atoms with van der Waals surface area (Å²) in [6.07, 6.45) is 0.473. The van der Waals surface area contributed by atoms with Crippen molar-refractivity contribution >= 4 is 17.6 Å². The highest BCUT2D eigenvalue weighted by Gasteiger charge is 2.18. The smallest absolute Gasteiger partial charge is 0.306 e. The van der Waals surface area contributed by atoms with Crippen molar-refractivity contribution in [3.8, 4) is 0 Å². The quantitative estimate of drug-likeness (QED) is 0.782. The molecule has 0 amide bonds. The fourth-order valence-corrected chi connectivity index (χ4v) is 2.84. The maximum atomic E-state index is 11.2. The molecule has 21 heavy (non-hydrogen) atoms. The van der Waals surface area contributed by atoms with Crippen LogP contribution in [0.2, 0.25) is 5.02 Å². The molecule has 0 saturated carbocycles. The van der Waals surface area contributed by atoms with Gasteiger partial charge in [0.2, 0.25) is 0 Å². The van der Waals surface area contributed by atoms with Gasteiger partial charge in [0.1, 0.15) is 0 Å². The zero-order valence-corrected chi connectivity index (χ0v) is 13.5. The van der Waals surface area contributed by atoms with Crippen LogP contribution in [0.4, 0.5) is 0 Å². The molecular weight excluding hydrogens is 288 g/mol. The van der Waals surface area contributed by atoms with E-state index in [1.54, 1.807) is 0 Å². The Morgan fingerprint density at radius 1 is 1.24 bits per heavy atom. The van der Waals surface area contributed by atoms with Crippen LogP contribution in [-0.2, 0) is 16.1 Å². The molecule has 1 aliphatic rings. The van der Waals surface area contributed by atoms with Crippen LogP contribution in [0.1, 0.15) is 17.5 Å². The molecule has 1 saturated heterocycles. The summed E-state index contributed by atoms with van der Waals surface area (Å²) < 4.78 is 4.67. The van der Waals surface area contributed by atoms with Crippen LogP contribution >= 0.6 is 11.6 Å². The standard InChI is InChI=1S/C16H23ClN2O2/c1-13-3-4-14(15(17)11-13)12-19-9-7-18(8-10-19)6-5-16(20)21-2/h3-4,11H,5-10,12H2,1-2H3. The molecule has 0 radical (unpaired) electrons. The van der Waals surface area contributed by atoms with Gasteiger partial charge in [0.25, 0.3) is 0 Å². The third-order valence-electron chi connectivity index (χ3n) is 3.93. The number of halogens is 1. The largest absolute Gasteiger partial charge is 0.469 e. The van der Waals surface area contributed by atoms with E-state index in [9.17, 15) is 4.79 Å². The van der Waals surface area contributed by atoms with Gasteiger partial charge < -0.3 is 9.64 Å². The first kappa shape index (κ1) is 16.3. The minimum atomic E-state index is -0.135. The summed E-state index contributed by atoms with van der Waals surface area (Å²) >= 11 is 6.29. The fraction of sp³-hybridized carbons (Fsp3) is 0.562. The predicted molar refractivity (Wildman–Crippen MR) is 84.5 cm³/mol. The number of ether oxygens (including phenoxy) is 1. The van der Waals surface area contributed by atoms with Gasteiger partial charge in [0.05, 0.1) is 13.5 Å². The van der Waals surface area contributed by atoms with Crippen molar-refractivity contribution in [1.82, 2.24) is 9.80 Å². The molecule has 1 fully saturated rings. The van der Waals surface area contributed by atoms with Crippen LogP contribution in [-0.4, -0.2) is 55.6 Å². The Morgan fingerprint density at radius 3 is 2.52 bits per heavy atom. The first-order valence-electron chi connectivity index (χ1n) is 7.35. The SMILES string of the molecule is COC(=O)CCN1CCN(Cc2ccc(C)cc2Cl)CC1. The average molecular weight is 311 g/mol. The predicted octanol–water partition coefficient (Wildman–Crippen LogP) is 2.33. The summed E-state index contributed by atoms with van der Waals surface area (Å²) in [6.45, 7) is 7.71. The lowest BCUT2D eigenvalue weighted by Crippen LogP contribution is -2.46. The van der Waals surface area contributed by atoms with Crippen molar-refractivity contribution in [2.24, 2.45) is 0 Å². The van der Waals surface area contributed by atoms with Crippen LogP contribution in [0.15, 0.2) is 18.2 Å². The molecule has 1 aliphatic heterocycles. The summed E-state index contributed by atoms with van der Waals surface area (Å²) in [5, 5.41) is 0.850. The van der Waals surface area contributed by atoms with Crippen LogP contribution in [0, 0.1) is 6.92 Å². The number of piperazine rings is 1.